The predicted octanol–water partition coefficient (Wildman–Crippen LogP) is 1.00. The molecule has 2 rings (SSSR count). The van der Waals surface area contributed by atoms with Crippen molar-refractivity contribution in [1.29, 1.82) is 0 Å². The van der Waals surface area contributed by atoms with Gasteiger partial charge in [0.25, 0.3) is 0 Å². The lowest BCUT2D eigenvalue weighted by atomic mass is 10.2. The summed E-state index contributed by atoms with van der Waals surface area (Å²) in [5.41, 5.74) is 6.69. The molecule has 0 radical (unpaired) electrons. The zero-order valence-corrected chi connectivity index (χ0v) is 8.08. The van der Waals surface area contributed by atoms with Gasteiger partial charge in [0.05, 0.1) is 0 Å². The minimum absolute atomic E-state index is 0.555. The molecule has 68 valence electrons. The molecule has 2 N–H and O–H groups in total. The normalized spacial score (nSPS) is 10.6. The average molecular weight is 194 g/mol. The van der Waals surface area contributed by atoms with Crippen LogP contribution in [-0.4, -0.2) is 14.8 Å². The minimum Gasteiger partial charge on any atom is -0.326 e. The van der Waals surface area contributed by atoms with E-state index in [4.69, 9.17) is 5.73 Å². The van der Waals surface area contributed by atoms with Gasteiger partial charge in [-0.1, -0.05) is 0 Å². The predicted molar refractivity (Wildman–Crippen MR) is 52.2 cm³/mol. The summed E-state index contributed by atoms with van der Waals surface area (Å²) in [5.74, 6) is 0.877. The van der Waals surface area contributed by atoms with E-state index in [-0.39, 0.29) is 0 Å². The van der Waals surface area contributed by atoms with Crippen molar-refractivity contribution in [2.24, 2.45) is 12.8 Å². The second kappa shape index (κ2) is 3.27. The van der Waals surface area contributed by atoms with E-state index < -0.39 is 0 Å². The Morgan fingerprint density at radius 2 is 2.46 bits per heavy atom. The standard InChI is InChI=1S/C8H10N4S/c1-12-8(10-5-11-12)6-2-3-13-7(6)4-9/h2-3,5H,4,9H2,1H3. The molecule has 0 aliphatic carbocycles. The highest BCUT2D eigenvalue weighted by Crippen LogP contribution is 2.25. The molecule has 0 amide bonds. The second-order valence-corrected chi connectivity index (χ2v) is 3.67. The van der Waals surface area contributed by atoms with Crippen molar-refractivity contribution in [3.63, 3.8) is 0 Å². The number of thiophene rings is 1. The van der Waals surface area contributed by atoms with E-state index in [1.807, 2.05) is 18.5 Å². The molecule has 0 aliphatic rings. The van der Waals surface area contributed by atoms with E-state index in [1.54, 1.807) is 22.3 Å². The number of hydrogen-bond donors (Lipinski definition) is 1. The van der Waals surface area contributed by atoms with Crippen molar-refractivity contribution in [2.45, 2.75) is 6.54 Å². The fourth-order valence-corrected chi connectivity index (χ4v) is 1.99. The summed E-state index contributed by atoms with van der Waals surface area (Å²) in [6, 6.07) is 2.02. The average Bonchev–Trinajstić information content (AvgIpc) is 2.71. The molecule has 4 nitrogen and oxygen atoms in total. The first kappa shape index (κ1) is 8.40. The van der Waals surface area contributed by atoms with Gasteiger partial charge in [0.1, 0.15) is 6.33 Å². The summed E-state index contributed by atoms with van der Waals surface area (Å²) in [7, 11) is 1.88. The van der Waals surface area contributed by atoms with Crippen LogP contribution < -0.4 is 5.73 Å². The van der Waals surface area contributed by atoms with Gasteiger partial charge in [-0.2, -0.15) is 5.10 Å². The second-order valence-electron chi connectivity index (χ2n) is 2.67. The highest BCUT2D eigenvalue weighted by atomic mass is 32.1. The SMILES string of the molecule is Cn1ncnc1-c1ccsc1CN. The van der Waals surface area contributed by atoms with Crippen LogP contribution in [0.1, 0.15) is 4.88 Å². The van der Waals surface area contributed by atoms with Crippen LogP contribution >= 0.6 is 11.3 Å². The molecule has 0 aromatic carbocycles. The third-order valence-corrected chi connectivity index (χ3v) is 2.83. The van der Waals surface area contributed by atoms with E-state index in [2.05, 4.69) is 10.1 Å². The Kier molecular flexibility index (Phi) is 2.12. The van der Waals surface area contributed by atoms with Gasteiger partial charge in [0, 0.05) is 24.0 Å². The van der Waals surface area contributed by atoms with Crippen molar-refractivity contribution >= 4 is 11.3 Å². The Balaban J connectivity index is 2.52. The van der Waals surface area contributed by atoms with Crippen LogP contribution in [0.25, 0.3) is 11.4 Å². The van der Waals surface area contributed by atoms with Gasteiger partial charge in [-0.25, -0.2) is 9.67 Å². The van der Waals surface area contributed by atoms with Crippen molar-refractivity contribution in [3.05, 3.63) is 22.7 Å². The van der Waals surface area contributed by atoms with E-state index in [1.165, 1.54) is 0 Å². The van der Waals surface area contributed by atoms with Crippen molar-refractivity contribution in [3.8, 4) is 11.4 Å². The number of hydrogen-bond acceptors (Lipinski definition) is 4. The third kappa shape index (κ3) is 1.36. The summed E-state index contributed by atoms with van der Waals surface area (Å²) in [6.07, 6.45) is 1.55. The molecule has 0 aliphatic heterocycles. The minimum atomic E-state index is 0.555. The molecule has 0 atom stereocenters. The number of rotatable bonds is 2. The molecule has 13 heavy (non-hydrogen) atoms. The largest absolute Gasteiger partial charge is 0.326 e. The van der Waals surface area contributed by atoms with Gasteiger partial charge in [-0.3, -0.25) is 0 Å². The maximum Gasteiger partial charge on any atom is 0.158 e. The van der Waals surface area contributed by atoms with E-state index in [9.17, 15) is 0 Å². The van der Waals surface area contributed by atoms with Gasteiger partial charge >= 0.3 is 0 Å². The quantitative estimate of drug-likeness (QED) is 0.776. The molecule has 0 fully saturated rings. The number of nitrogens with zero attached hydrogens (tertiary/aromatic N) is 3. The fraction of sp³-hybridized carbons (Fsp3) is 0.250. The summed E-state index contributed by atoms with van der Waals surface area (Å²) < 4.78 is 1.75. The van der Waals surface area contributed by atoms with Crippen molar-refractivity contribution in [2.75, 3.05) is 0 Å². The number of nitrogens with two attached hydrogens (primary N) is 1. The van der Waals surface area contributed by atoms with E-state index in [0.717, 1.165) is 16.3 Å². The molecule has 0 spiro atoms. The first-order valence-electron chi connectivity index (χ1n) is 3.93. The molecule has 0 saturated carbocycles. The van der Waals surface area contributed by atoms with Crippen molar-refractivity contribution < 1.29 is 0 Å². The molecular weight excluding hydrogens is 184 g/mol. The Hall–Kier alpha value is -1.20. The fourth-order valence-electron chi connectivity index (χ4n) is 1.24. The lowest BCUT2D eigenvalue weighted by Crippen LogP contribution is -1.99. The Morgan fingerprint density at radius 3 is 3.08 bits per heavy atom. The molecular formula is C8H10N4S. The highest BCUT2D eigenvalue weighted by molar-refractivity contribution is 7.10. The number of aryl methyl sites for hydroxylation is 1. The Bertz CT molecular complexity index is 404. The summed E-state index contributed by atoms with van der Waals surface area (Å²) in [5, 5.41) is 6.04. The molecule has 2 aromatic rings. The van der Waals surface area contributed by atoms with E-state index in [0.29, 0.717) is 6.54 Å². The monoisotopic (exact) mass is 194 g/mol. The first-order chi connectivity index (χ1) is 6.33. The lowest BCUT2D eigenvalue weighted by molar-refractivity contribution is 0.774. The smallest absolute Gasteiger partial charge is 0.158 e. The maximum absolute atomic E-state index is 5.60. The van der Waals surface area contributed by atoms with Crippen LogP contribution in [0.4, 0.5) is 0 Å². The molecule has 0 saturated heterocycles. The zero-order chi connectivity index (χ0) is 9.26. The Morgan fingerprint density at radius 1 is 1.62 bits per heavy atom. The molecule has 5 heteroatoms. The van der Waals surface area contributed by atoms with Crippen LogP contribution in [-0.2, 0) is 13.6 Å². The van der Waals surface area contributed by atoms with Gasteiger partial charge in [-0.15, -0.1) is 11.3 Å². The molecule has 0 unspecified atom stereocenters. The topological polar surface area (TPSA) is 56.7 Å². The number of aromatic nitrogens is 3. The molecule has 2 heterocycles. The van der Waals surface area contributed by atoms with Gasteiger partial charge in [0.2, 0.25) is 0 Å². The van der Waals surface area contributed by atoms with Gasteiger partial charge in [0.15, 0.2) is 5.82 Å². The van der Waals surface area contributed by atoms with Crippen molar-refractivity contribution in [1.82, 2.24) is 14.8 Å². The van der Waals surface area contributed by atoms with Crippen LogP contribution in [0.15, 0.2) is 17.8 Å². The van der Waals surface area contributed by atoms with Crippen LogP contribution in [0, 0.1) is 0 Å². The highest BCUT2D eigenvalue weighted by Gasteiger charge is 2.09. The van der Waals surface area contributed by atoms with Gasteiger partial charge < -0.3 is 5.73 Å². The van der Waals surface area contributed by atoms with Crippen LogP contribution in [0.2, 0.25) is 0 Å². The maximum atomic E-state index is 5.60. The summed E-state index contributed by atoms with van der Waals surface area (Å²) >= 11 is 1.65. The first-order valence-corrected chi connectivity index (χ1v) is 4.81. The van der Waals surface area contributed by atoms with Gasteiger partial charge in [-0.05, 0) is 11.4 Å². The lowest BCUT2D eigenvalue weighted by Gasteiger charge is -1.99. The summed E-state index contributed by atoms with van der Waals surface area (Å²) in [6.45, 7) is 0.555. The third-order valence-electron chi connectivity index (χ3n) is 1.88. The van der Waals surface area contributed by atoms with E-state index >= 15 is 0 Å². The Labute approximate surface area is 80.0 Å². The molecule has 2 aromatic heterocycles. The summed E-state index contributed by atoms with van der Waals surface area (Å²) in [4.78, 5) is 5.32. The zero-order valence-electron chi connectivity index (χ0n) is 7.27. The molecule has 0 bridgehead atoms. The van der Waals surface area contributed by atoms with Crippen LogP contribution in [0.5, 0.6) is 0 Å². The van der Waals surface area contributed by atoms with Crippen LogP contribution in [0.3, 0.4) is 0 Å².